The Morgan fingerprint density at radius 1 is 1.00 bits per heavy atom. The van der Waals surface area contributed by atoms with Crippen molar-refractivity contribution in [1.82, 2.24) is 4.90 Å². The van der Waals surface area contributed by atoms with Crippen LogP contribution in [0.4, 0.5) is 20.2 Å². The van der Waals surface area contributed by atoms with E-state index in [-0.39, 0.29) is 24.1 Å². The van der Waals surface area contributed by atoms with E-state index in [0.29, 0.717) is 49.7 Å². The van der Waals surface area contributed by atoms with E-state index >= 15 is 0 Å². The van der Waals surface area contributed by atoms with Crippen molar-refractivity contribution in [3.8, 4) is 0 Å². The minimum absolute atomic E-state index is 0.0513. The summed E-state index contributed by atoms with van der Waals surface area (Å²) in [6, 6.07) is 10.4. The summed E-state index contributed by atoms with van der Waals surface area (Å²) in [7, 11) is 0. The molecule has 0 bridgehead atoms. The molecule has 1 amide bonds. The zero-order chi connectivity index (χ0) is 21.0. The number of carbonyl (C=O) groups excluding carboxylic acids is 2. The number of piperazine rings is 1. The van der Waals surface area contributed by atoms with Gasteiger partial charge in [-0.1, -0.05) is 0 Å². The number of ketones is 1. The van der Waals surface area contributed by atoms with Crippen molar-refractivity contribution in [2.45, 2.75) is 13.8 Å². The predicted octanol–water partition coefficient (Wildman–Crippen LogP) is 3.34. The zero-order valence-corrected chi connectivity index (χ0v) is 16.7. The highest BCUT2D eigenvalue weighted by atomic mass is 19.1. The van der Waals surface area contributed by atoms with Gasteiger partial charge in [-0.2, -0.15) is 0 Å². The monoisotopic (exact) mass is 401 g/mol. The molecule has 0 N–H and O–H groups in total. The molecule has 5 nitrogen and oxygen atoms in total. The van der Waals surface area contributed by atoms with Gasteiger partial charge in [-0.15, -0.1) is 0 Å². The molecule has 0 aliphatic carbocycles. The van der Waals surface area contributed by atoms with Gasteiger partial charge in [-0.3, -0.25) is 14.5 Å². The lowest BCUT2D eigenvalue weighted by molar-refractivity contribution is -0.119. The molecule has 0 radical (unpaired) electrons. The van der Waals surface area contributed by atoms with Crippen molar-refractivity contribution >= 4 is 23.1 Å². The Kier molecular flexibility index (Phi) is 6.59. The SMILES string of the molecule is CCN(C(=O)CN1CCN(c2ccc(C(C)=O)cc2F)CC1)c1ccc(F)cc1. The highest BCUT2D eigenvalue weighted by Crippen LogP contribution is 2.22. The predicted molar refractivity (Wildman–Crippen MR) is 109 cm³/mol. The lowest BCUT2D eigenvalue weighted by Crippen LogP contribution is -2.50. The smallest absolute Gasteiger partial charge is 0.241 e. The summed E-state index contributed by atoms with van der Waals surface area (Å²) in [5, 5.41) is 0. The Morgan fingerprint density at radius 2 is 1.66 bits per heavy atom. The van der Waals surface area contributed by atoms with E-state index < -0.39 is 5.82 Å². The molecule has 29 heavy (non-hydrogen) atoms. The molecule has 0 spiro atoms. The molecule has 0 saturated carbocycles. The normalized spacial score (nSPS) is 14.7. The number of amides is 1. The Balaban J connectivity index is 1.58. The second-order valence-electron chi connectivity index (χ2n) is 7.10. The first-order valence-corrected chi connectivity index (χ1v) is 9.72. The van der Waals surface area contributed by atoms with Gasteiger partial charge in [-0.05, 0) is 56.3 Å². The Labute approximate surface area is 169 Å². The Morgan fingerprint density at radius 3 is 2.21 bits per heavy atom. The number of likely N-dealkylation sites (N-methyl/N-ethyl adjacent to an activating group) is 1. The van der Waals surface area contributed by atoms with E-state index in [9.17, 15) is 18.4 Å². The lowest BCUT2D eigenvalue weighted by atomic mass is 10.1. The van der Waals surface area contributed by atoms with Crippen LogP contribution in [0.25, 0.3) is 0 Å². The van der Waals surface area contributed by atoms with Crippen molar-refractivity contribution in [2.75, 3.05) is 49.1 Å². The van der Waals surface area contributed by atoms with Crippen LogP contribution in [0.1, 0.15) is 24.2 Å². The fourth-order valence-electron chi connectivity index (χ4n) is 3.53. The van der Waals surface area contributed by atoms with Gasteiger partial charge in [0.05, 0.1) is 12.2 Å². The Bertz CT molecular complexity index is 878. The van der Waals surface area contributed by atoms with Crippen LogP contribution >= 0.6 is 0 Å². The molecule has 1 heterocycles. The second kappa shape index (κ2) is 9.13. The third-order valence-corrected chi connectivity index (χ3v) is 5.18. The summed E-state index contributed by atoms with van der Waals surface area (Å²) >= 11 is 0. The first kappa shape index (κ1) is 20.9. The fourth-order valence-corrected chi connectivity index (χ4v) is 3.53. The van der Waals surface area contributed by atoms with Gasteiger partial charge < -0.3 is 9.80 Å². The van der Waals surface area contributed by atoms with E-state index in [1.165, 1.54) is 25.1 Å². The molecule has 2 aromatic rings. The molecule has 7 heteroatoms. The quantitative estimate of drug-likeness (QED) is 0.697. The van der Waals surface area contributed by atoms with Gasteiger partial charge in [0.2, 0.25) is 5.91 Å². The third kappa shape index (κ3) is 4.98. The number of nitrogens with zero attached hydrogens (tertiary/aromatic N) is 3. The maximum Gasteiger partial charge on any atom is 0.241 e. The van der Waals surface area contributed by atoms with E-state index in [1.54, 1.807) is 29.2 Å². The van der Waals surface area contributed by atoms with Gasteiger partial charge in [0, 0.05) is 44.0 Å². The maximum absolute atomic E-state index is 14.4. The standard InChI is InChI=1S/C22H25F2N3O2/c1-3-27(19-7-5-18(23)6-8-19)22(29)15-25-10-12-26(13-11-25)21-9-4-17(16(2)28)14-20(21)24/h4-9,14H,3,10-13,15H2,1-2H3. The molecule has 3 rings (SSSR count). The van der Waals surface area contributed by atoms with Crippen LogP contribution in [0.2, 0.25) is 0 Å². The largest absolute Gasteiger partial charge is 0.367 e. The second-order valence-corrected chi connectivity index (χ2v) is 7.10. The third-order valence-electron chi connectivity index (χ3n) is 5.18. The maximum atomic E-state index is 14.4. The van der Waals surface area contributed by atoms with Crippen molar-refractivity contribution in [1.29, 1.82) is 0 Å². The zero-order valence-electron chi connectivity index (χ0n) is 16.7. The van der Waals surface area contributed by atoms with Crippen LogP contribution in [-0.2, 0) is 4.79 Å². The van der Waals surface area contributed by atoms with Crippen LogP contribution in [0, 0.1) is 11.6 Å². The number of anilines is 2. The van der Waals surface area contributed by atoms with Crippen molar-refractivity contribution in [3.05, 3.63) is 59.7 Å². The van der Waals surface area contributed by atoms with Gasteiger partial charge >= 0.3 is 0 Å². The van der Waals surface area contributed by atoms with Crippen LogP contribution in [0.5, 0.6) is 0 Å². The number of rotatable bonds is 6. The molecule has 154 valence electrons. The van der Waals surface area contributed by atoms with Crippen LogP contribution in [-0.4, -0.2) is 55.9 Å². The topological polar surface area (TPSA) is 43.9 Å². The molecular weight excluding hydrogens is 376 g/mol. The van der Waals surface area contributed by atoms with Gasteiger partial charge in [0.1, 0.15) is 11.6 Å². The van der Waals surface area contributed by atoms with E-state index in [4.69, 9.17) is 0 Å². The highest BCUT2D eigenvalue weighted by molar-refractivity contribution is 5.95. The Hall–Kier alpha value is -2.80. The van der Waals surface area contributed by atoms with E-state index in [0.717, 1.165) is 0 Å². The number of benzene rings is 2. The van der Waals surface area contributed by atoms with Crippen molar-refractivity contribution in [3.63, 3.8) is 0 Å². The average molecular weight is 401 g/mol. The summed E-state index contributed by atoms with van der Waals surface area (Å²) in [6.07, 6.45) is 0. The molecule has 1 fully saturated rings. The number of hydrogen-bond donors (Lipinski definition) is 0. The minimum atomic E-state index is -0.407. The average Bonchev–Trinajstić information content (AvgIpc) is 2.70. The summed E-state index contributed by atoms with van der Waals surface area (Å²) in [5.74, 6) is -0.961. The molecule has 1 aliphatic heterocycles. The molecular formula is C22H25F2N3O2. The fraction of sp³-hybridized carbons (Fsp3) is 0.364. The summed E-state index contributed by atoms with van der Waals surface area (Å²) < 4.78 is 27.5. The number of halogens is 2. The number of carbonyl (C=O) groups is 2. The summed E-state index contributed by atoms with van der Waals surface area (Å²) in [4.78, 5) is 29.7. The summed E-state index contributed by atoms with van der Waals surface area (Å²) in [6.45, 7) is 6.48. The van der Waals surface area contributed by atoms with Crippen molar-refractivity contribution < 1.29 is 18.4 Å². The van der Waals surface area contributed by atoms with Gasteiger partial charge in [0.25, 0.3) is 0 Å². The van der Waals surface area contributed by atoms with Crippen LogP contribution < -0.4 is 9.80 Å². The molecule has 2 aromatic carbocycles. The van der Waals surface area contributed by atoms with Gasteiger partial charge in [0.15, 0.2) is 5.78 Å². The van der Waals surface area contributed by atoms with Crippen LogP contribution in [0.3, 0.4) is 0 Å². The van der Waals surface area contributed by atoms with Gasteiger partial charge in [-0.25, -0.2) is 8.78 Å². The molecule has 0 aromatic heterocycles. The molecule has 1 saturated heterocycles. The number of Topliss-reactive ketones (excluding diaryl/α,β-unsaturated/α-hetero) is 1. The van der Waals surface area contributed by atoms with Crippen molar-refractivity contribution in [2.24, 2.45) is 0 Å². The molecule has 0 atom stereocenters. The number of hydrogen-bond acceptors (Lipinski definition) is 4. The van der Waals surface area contributed by atoms with E-state index in [2.05, 4.69) is 0 Å². The summed E-state index contributed by atoms with van der Waals surface area (Å²) in [5.41, 5.74) is 1.50. The van der Waals surface area contributed by atoms with E-state index in [1.807, 2.05) is 16.7 Å². The first-order chi connectivity index (χ1) is 13.9. The van der Waals surface area contributed by atoms with Crippen LogP contribution in [0.15, 0.2) is 42.5 Å². The lowest BCUT2D eigenvalue weighted by Gasteiger charge is -2.36. The molecule has 0 unspecified atom stereocenters. The minimum Gasteiger partial charge on any atom is -0.367 e. The molecule has 1 aliphatic rings. The first-order valence-electron chi connectivity index (χ1n) is 9.72. The highest BCUT2D eigenvalue weighted by Gasteiger charge is 2.23.